The van der Waals surface area contributed by atoms with Gasteiger partial charge in [0.25, 0.3) is 0 Å². The molecule has 0 aromatic carbocycles. The van der Waals surface area contributed by atoms with Gasteiger partial charge in [0.2, 0.25) is 5.91 Å². The molecule has 0 radical (unpaired) electrons. The van der Waals surface area contributed by atoms with Crippen LogP contribution in [-0.2, 0) is 4.79 Å². The Bertz CT molecular complexity index is 441. The quantitative estimate of drug-likeness (QED) is 0.760. The van der Waals surface area contributed by atoms with Crippen molar-refractivity contribution < 1.29 is 19.8 Å². The maximum Gasteiger partial charge on any atom is 0.408 e. The average Bonchev–Trinajstić information content (AvgIpc) is 2.66. The van der Waals surface area contributed by atoms with Crippen LogP contribution in [-0.4, -0.2) is 87.8 Å². The Morgan fingerprint density at radius 3 is 2.32 bits per heavy atom. The molecule has 2 atom stereocenters. The van der Waals surface area contributed by atoms with Crippen LogP contribution in [0.4, 0.5) is 4.79 Å². The zero-order chi connectivity index (χ0) is 15.7. The number of carbonyl (C=O) groups is 2. The molecule has 2 N–H and O–H groups in total. The van der Waals surface area contributed by atoms with Crippen LogP contribution in [0.2, 0.25) is 0 Å². The van der Waals surface area contributed by atoms with Crippen molar-refractivity contribution in [1.29, 1.82) is 0 Å². The molecule has 1 aliphatic carbocycles. The second-order valence-corrected chi connectivity index (χ2v) is 6.58. The Balaban J connectivity index is 1.62. The monoisotopic (exact) mass is 311 g/mol. The summed E-state index contributed by atoms with van der Waals surface area (Å²) in [5.41, 5.74) is 0. The molecule has 22 heavy (non-hydrogen) atoms. The van der Waals surface area contributed by atoms with Gasteiger partial charge in [-0.25, -0.2) is 4.79 Å². The van der Waals surface area contributed by atoms with Gasteiger partial charge in [0.05, 0.1) is 6.10 Å². The predicted octanol–water partition coefficient (Wildman–Crippen LogP) is 0.186. The van der Waals surface area contributed by atoms with Crippen LogP contribution in [0.3, 0.4) is 0 Å². The van der Waals surface area contributed by atoms with Crippen molar-refractivity contribution in [2.75, 3.05) is 32.7 Å². The van der Waals surface area contributed by atoms with E-state index in [0.717, 1.165) is 24.4 Å². The van der Waals surface area contributed by atoms with Crippen molar-refractivity contribution in [3.05, 3.63) is 0 Å². The van der Waals surface area contributed by atoms with E-state index in [1.165, 1.54) is 19.3 Å². The topological polar surface area (TPSA) is 84.3 Å². The number of hydrogen-bond acceptors (Lipinski definition) is 4. The Morgan fingerprint density at radius 1 is 0.909 bits per heavy atom. The average molecular weight is 311 g/mol. The van der Waals surface area contributed by atoms with E-state index in [1.807, 2.05) is 0 Å². The summed E-state index contributed by atoms with van der Waals surface area (Å²) in [7, 11) is 0. The molecule has 7 nitrogen and oxygen atoms in total. The largest absolute Gasteiger partial charge is 0.465 e. The van der Waals surface area contributed by atoms with Gasteiger partial charge in [-0.15, -0.1) is 0 Å². The van der Waals surface area contributed by atoms with Crippen LogP contribution < -0.4 is 0 Å². The normalized spacial score (nSPS) is 31.0. The zero-order valence-electron chi connectivity index (χ0n) is 12.9. The number of carbonyl (C=O) groups excluding carboxylic acids is 1. The number of rotatable bonds is 2. The van der Waals surface area contributed by atoms with Gasteiger partial charge in [-0.2, -0.15) is 0 Å². The number of amides is 2. The summed E-state index contributed by atoms with van der Waals surface area (Å²) < 4.78 is 0. The molecule has 1 saturated carbocycles. The minimum Gasteiger partial charge on any atom is -0.465 e. The van der Waals surface area contributed by atoms with E-state index >= 15 is 0 Å². The van der Waals surface area contributed by atoms with Gasteiger partial charge in [0, 0.05) is 38.8 Å². The third-order valence-corrected chi connectivity index (χ3v) is 5.30. The summed E-state index contributed by atoms with van der Waals surface area (Å²) in [6, 6.07) is -0.254. The van der Waals surface area contributed by atoms with Gasteiger partial charge in [-0.1, -0.05) is 6.42 Å². The van der Waals surface area contributed by atoms with Crippen molar-refractivity contribution in [2.45, 2.75) is 50.3 Å². The molecule has 0 unspecified atom stereocenters. The second-order valence-electron chi connectivity index (χ2n) is 6.58. The fourth-order valence-electron chi connectivity index (χ4n) is 3.75. The second kappa shape index (κ2) is 6.42. The van der Waals surface area contributed by atoms with Gasteiger partial charge >= 0.3 is 6.09 Å². The number of hydrogen-bond donors (Lipinski definition) is 2. The molecule has 0 spiro atoms. The Labute approximate surface area is 130 Å². The molecule has 0 bridgehead atoms. The first kappa shape index (κ1) is 15.6. The smallest absolute Gasteiger partial charge is 0.408 e. The van der Waals surface area contributed by atoms with E-state index in [9.17, 15) is 19.8 Å². The zero-order valence-corrected chi connectivity index (χ0v) is 12.9. The first-order valence-corrected chi connectivity index (χ1v) is 8.28. The van der Waals surface area contributed by atoms with Gasteiger partial charge in [0.15, 0.2) is 0 Å². The number of likely N-dealkylation sites (tertiary alicyclic amines) is 1. The minimum atomic E-state index is -1.12. The lowest BCUT2D eigenvalue weighted by atomic mass is 9.91. The lowest BCUT2D eigenvalue weighted by Gasteiger charge is -2.37. The highest BCUT2D eigenvalue weighted by Crippen LogP contribution is 2.26. The lowest BCUT2D eigenvalue weighted by Crippen LogP contribution is -2.52. The van der Waals surface area contributed by atoms with Crippen LogP contribution >= 0.6 is 0 Å². The SMILES string of the molecule is O=C([C@@H]1[C@@H](O)CCN1C(=O)O)N1CCCN(C2CCC2)CC1. The Kier molecular flexibility index (Phi) is 4.54. The summed E-state index contributed by atoms with van der Waals surface area (Å²) in [5.74, 6) is -0.233. The number of nitrogens with zero attached hydrogens (tertiary/aromatic N) is 3. The highest BCUT2D eigenvalue weighted by Gasteiger charge is 2.43. The van der Waals surface area contributed by atoms with Crippen LogP contribution in [0.5, 0.6) is 0 Å². The molecular formula is C15H25N3O4. The first-order chi connectivity index (χ1) is 10.6. The van der Waals surface area contributed by atoms with Crippen LogP contribution in [0, 0.1) is 0 Å². The van der Waals surface area contributed by atoms with Crippen molar-refractivity contribution in [3.8, 4) is 0 Å². The Hall–Kier alpha value is -1.34. The third-order valence-electron chi connectivity index (χ3n) is 5.30. The molecule has 2 saturated heterocycles. The highest BCUT2D eigenvalue weighted by molar-refractivity contribution is 5.86. The molecule has 124 valence electrons. The highest BCUT2D eigenvalue weighted by atomic mass is 16.4. The van der Waals surface area contributed by atoms with Gasteiger partial charge in [-0.05, 0) is 25.7 Å². The summed E-state index contributed by atoms with van der Waals surface area (Å²) >= 11 is 0. The predicted molar refractivity (Wildman–Crippen MR) is 79.6 cm³/mol. The number of aliphatic hydroxyl groups is 1. The minimum absolute atomic E-state index is 0.231. The van der Waals surface area contributed by atoms with Gasteiger partial charge < -0.3 is 15.1 Å². The maximum atomic E-state index is 12.7. The molecule has 3 aliphatic rings. The molecule has 2 heterocycles. The van der Waals surface area contributed by atoms with Crippen LogP contribution in [0.15, 0.2) is 0 Å². The van der Waals surface area contributed by atoms with Crippen molar-refractivity contribution in [3.63, 3.8) is 0 Å². The van der Waals surface area contributed by atoms with E-state index < -0.39 is 18.2 Å². The van der Waals surface area contributed by atoms with Gasteiger partial charge in [0.1, 0.15) is 6.04 Å². The van der Waals surface area contributed by atoms with Crippen molar-refractivity contribution in [1.82, 2.24) is 14.7 Å². The molecule has 3 fully saturated rings. The molecule has 0 aromatic rings. The van der Waals surface area contributed by atoms with E-state index in [0.29, 0.717) is 25.6 Å². The van der Waals surface area contributed by atoms with Crippen LogP contribution in [0.1, 0.15) is 32.1 Å². The fraction of sp³-hybridized carbons (Fsp3) is 0.867. The fourth-order valence-corrected chi connectivity index (χ4v) is 3.75. The van der Waals surface area contributed by atoms with E-state index in [2.05, 4.69) is 4.90 Å². The van der Waals surface area contributed by atoms with Crippen LogP contribution in [0.25, 0.3) is 0 Å². The molecule has 0 aromatic heterocycles. The molecule has 3 rings (SSSR count). The molecular weight excluding hydrogens is 286 g/mol. The van der Waals surface area contributed by atoms with Crippen molar-refractivity contribution in [2.24, 2.45) is 0 Å². The third kappa shape index (κ3) is 2.92. The van der Waals surface area contributed by atoms with E-state index in [4.69, 9.17) is 0 Å². The summed E-state index contributed by atoms with van der Waals surface area (Å²) in [5, 5.41) is 19.2. The number of carboxylic acid groups (broad SMARTS) is 1. The molecule has 2 amide bonds. The van der Waals surface area contributed by atoms with Crippen molar-refractivity contribution >= 4 is 12.0 Å². The lowest BCUT2D eigenvalue weighted by molar-refractivity contribution is -0.138. The Morgan fingerprint density at radius 2 is 1.68 bits per heavy atom. The summed E-state index contributed by atoms with van der Waals surface area (Å²) in [4.78, 5) is 29.2. The van der Waals surface area contributed by atoms with E-state index in [1.54, 1.807) is 4.90 Å². The van der Waals surface area contributed by atoms with Gasteiger partial charge in [-0.3, -0.25) is 14.6 Å². The van der Waals surface area contributed by atoms with E-state index in [-0.39, 0.29) is 12.5 Å². The standard InChI is InChI=1S/C15H25N3O4/c19-12-5-8-18(15(21)22)13(12)14(20)17-7-2-6-16(9-10-17)11-3-1-4-11/h11-13,19H,1-10H2,(H,21,22)/t12-,13-/m0/s1. The molecule has 2 aliphatic heterocycles. The molecule has 7 heteroatoms. The first-order valence-electron chi connectivity index (χ1n) is 8.28. The number of aliphatic hydroxyl groups excluding tert-OH is 1. The summed E-state index contributed by atoms with van der Waals surface area (Å²) in [6.07, 6.45) is 3.05. The summed E-state index contributed by atoms with van der Waals surface area (Å²) in [6.45, 7) is 3.37. The maximum absolute atomic E-state index is 12.7.